The van der Waals surface area contributed by atoms with Crippen LogP contribution in [-0.2, 0) is 9.59 Å². The average molecular weight is 496 g/mol. The molecule has 2 aliphatic heterocycles. The molecule has 2 saturated heterocycles. The highest BCUT2D eigenvalue weighted by Gasteiger charge is 2.32. The van der Waals surface area contributed by atoms with Gasteiger partial charge in [-0.3, -0.25) is 9.69 Å². The topological polar surface area (TPSA) is 85.0 Å². The predicted molar refractivity (Wildman–Crippen MR) is 144 cm³/mol. The Morgan fingerprint density at radius 3 is 2.41 bits per heavy atom. The van der Waals surface area contributed by atoms with E-state index in [2.05, 4.69) is 22.6 Å². The van der Waals surface area contributed by atoms with Gasteiger partial charge in [0, 0.05) is 67.9 Å². The molecule has 2 fully saturated rings. The van der Waals surface area contributed by atoms with Crippen molar-refractivity contribution in [1.29, 1.82) is 0 Å². The number of carbonyl (C=O) groups excluding carboxylic acids is 3. The van der Waals surface area contributed by atoms with E-state index in [1.165, 1.54) is 0 Å². The van der Waals surface area contributed by atoms with E-state index in [-0.39, 0.29) is 11.9 Å². The maximum atomic E-state index is 13.1. The maximum absolute atomic E-state index is 13.1. The van der Waals surface area contributed by atoms with Gasteiger partial charge in [-0.25, -0.2) is 9.59 Å². The van der Waals surface area contributed by atoms with E-state index in [1.807, 2.05) is 71.5 Å². The van der Waals surface area contributed by atoms with Crippen molar-refractivity contribution in [3.8, 4) is 0 Å². The number of nitrogens with zero attached hydrogens (tertiary/aromatic N) is 3. The van der Waals surface area contributed by atoms with Crippen LogP contribution in [0.1, 0.15) is 12.0 Å². The van der Waals surface area contributed by atoms with Crippen molar-refractivity contribution in [2.24, 2.45) is 0 Å². The molecular weight excluding hydrogens is 466 g/mol. The first kappa shape index (κ1) is 24.3. The first-order chi connectivity index (χ1) is 17.9. The van der Waals surface area contributed by atoms with Gasteiger partial charge in [0.25, 0.3) is 5.91 Å². The molecule has 8 nitrogen and oxygen atoms in total. The third-order valence-corrected chi connectivity index (χ3v) is 6.91. The van der Waals surface area contributed by atoms with Gasteiger partial charge in [-0.05, 0) is 43.0 Å². The largest absolute Gasteiger partial charge is 0.354 e. The van der Waals surface area contributed by atoms with E-state index in [4.69, 9.17) is 0 Å². The summed E-state index contributed by atoms with van der Waals surface area (Å²) in [5.41, 5.74) is 5.50. The molecule has 0 spiro atoms. The zero-order chi connectivity index (χ0) is 25.9. The number of allylic oxidation sites excluding steroid dienone is 4. The fraction of sp³-hybridized carbons (Fsp3) is 0.241. The van der Waals surface area contributed by atoms with Crippen molar-refractivity contribution in [1.82, 2.24) is 15.1 Å². The number of benzene rings is 2. The molecule has 0 aromatic heterocycles. The number of hydrogen-bond donors (Lipinski definition) is 2. The van der Waals surface area contributed by atoms with Crippen LogP contribution in [0.15, 0.2) is 89.2 Å². The second-order valence-electron chi connectivity index (χ2n) is 9.38. The van der Waals surface area contributed by atoms with E-state index in [1.54, 1.807) is 18.0 Å². The van der Waals surface area contributed by atoms with Gasteiger partial charge in [0.05, 0.1) is 11.3 Å². The van der Waals surface area contributed by atoms with Crippen LogP contribution in [0.5, 0.6) is 0 Å². The lowest BCUT2D eigenvalue weighted by Gasteiger charge is -2.35. The third-order valence-electron chi connectivity index (χ3n) is 6.91. The van der Waals surface area contributed by atoms with Crippen molar-refractivity contribution in [3.05, 3.63) is 94.7 Å². The number of fused-ring (bicyclic) bond motifs is 1. The lowest BCUT2D eigenvalue weighted by Crippen LogP contribution is -2.51. The fourth-order valence-electron chi connectivity index (χ4n) is 4.72. The number of anilines is 2. The zero-order valence-corrected chi connectivity index (χ0v) is 21.0. The van der Waals surface area contributed by atoms with Crippen molar-refractivity contribution in [2.75, 3.05) is 50.5 Å². The highest BCUT2D eigenvalue weighted by atomic mass is 16.2. The Balaban J connectivity index is 1.42. The fourth-order valence-corrected chi connectivity index (χ4v) is 4.72. The Labute approximate surface area is 216 Å². The van der Waals surface area contributed by atoms with E-state index in [9.17, 15) is 14.4 Å². The number of hydrogen-bond acceptors (Lipinski definition) is 5. The van der Waals surface area contributed by atoms with Crippen LogP contribution in [0.4, 0.5) is 16.2 Å². The Morgan fingerprint density at radius 1 is 1.03 bits per heavy atom. The highest BCUT2D eigenvalue weighted by molar-refractivity contribution is 6.13. The summed E-state index contributed by atoms with van der Waals surface area (Å²) in [6.45, 7) is 3.16. The number of piperazine rings is 1. The van der Waals surface area contributed by atoms with E-state index >= 15 is 0 Å². The number of amides is 3. The normalized spacial score (nSPS) is 18.8. The van der Waals surface area contributed by atoms with Crippen LogP contribution in [0.2, 0.25) is 0 Å². The van der Waals surface area contributed by atoms with Crippen LogP contribution in [0.25, 0.3) is 5.70 Å². The summed E-state index contributed by atoms with van der Waals surface area (Å²) in [6.07, 6.45) is 3.98. The summed E-state index contributed by atoms with van der Waals surface area (Å²) >= 11 is 0. The molecule has 0 radical (unpaired) electrons. The van der Waals surface area contributed by atoms with Gasteiger partial charge in [0.1, 0.15) is 5.94 Å². The third kappa shape index (κ3) is 4.98. The number of urea groups is 1. The van der Waals surface area contributed by atoms with Crippen molar-refractivity contribution in [3.63, 3.8) is 0 Å². The molecule has 3 aliphatic rings. The van der Waals surface area contributed by atoms with Gasteiger partial charge in [0.15, 0.2) is 0 Å². The second-order valence-corrected chi connectivity index (χ2v) is 9.38. The lowest BCUT2D eigenvalue weighted by atomic mass is 9.94. The molecule has 3 amide bonds. The molecular formula is C29H29N5O3. The highest BCUT2D eigenvalue weighted by Crippen LogP contribution is 2.36. The van der Waals surface area contributed by atoms with Crippen molar-refractivity contribution < 1.29 is 14.4 Å². The Kier molecular flexibility index (Phi) is 6.77. The van der Waals surface area contributed by atoms with Gasteiger partial charge < -0.3 is 20.4 Å². The lowest BCUT2D eigenvalue weighted by molar-refractivity contribution is -0.115. The number of likely N-dealkylation sites (N-methyl/N-ethyl adjacent to an activating group) is 1. The van der Waals surface area contributed by atoms with Crippen molar-refractivity contribution in [2.45, 2.75) is 6.42 Å². The second kappa shape index (κ2) is 10.3. The van der Waals surface area contributed by atoms with Crippen molar-refractivity contribution >= 4 is 35.0 Å². The molecule has 8 heteroatoms. The number of nitrogens with one attached hydrogen (secondary N) is 2. The van der Waals surface area contributed by atoms with Crippen LogP contribution in [-0.4, -0.2) is 68.0 Å². The Bertz CT molecular complexity index is 1360. The molecule has 0 unspecified atom stereocenters. The monoisotopic (exact) mass is 495 g/mol. The van der Waals surface area contributed by atoms with E-state index in [0.29, 0.717) is 42.1 Å². The molecule has 2 heterocycles. The summed E-state index contributed by atoms with van der Waals surface area (Å²) in [5, 5.41) is 6.32. The Hall–Kier alpha value is -4.39. The van der Waals surface area contributed by atoms with Gasteiger partial charge in [-0.15, -0.1) is 0 Å². The van der Waals surface area contributed by atoms with Gasteiger partial charge in [0.2, 0.25) is 0 Å². The first-order valence-electron chi connectivity index (χ1n) is 12.3. The first-order valence-corrected chi connectivity index (χ1v) is 12.3. The molecule has 5 rings (SSSR count). The molecule has 0 bridgehead atoms. The summed E-state index contributed by atoms with van der Waals surface area (Å²) in [5.74, 6) is 1.69. The molecule has 2 aromatic rings. The van der Waals surface area contributed by atoms with Crippen LogP contribution < -0.4 is 15.5 Å². The minimum atomic E-state index is -0.231. The molecule has 0 saturated carbocycles. The summed E-state index contributed by atoms with van der Waals surface area (Å²) in [7, 11) is 3.85. The molecule has 1 aliphatic carbocycles. The molecule has 0 atom stereocenters. The number of carbonyl (C=O) groups is 2. The number of rotatable bonds is 4. The van der Waals surface area contributed by atoms with E-state index < -0.39 is 0 Å². The SMILES string of the molecule is CN1CCN(C(=O)N(C)c2ccc(NC(=C3C(=O)NC4=CC(=C=O)CC=C43)c3ccccc3)cc2)CC1. The standard InChI is InChI=1S/C29H29N5O3/c1-32-14-16-34(17-15-32)29(37)33(2)23-11-9-22(10-12-23)30-27(21-6-4-3-5-7-21)26-24-13-8-20(19-35)18-25(24)31-28(26)36/h3-7,9-13,18,30H,8,14-17H2,1-2H3,(H,31,36). The van der Waals surface area contributed by atoms with Crippen LogP contribution in [0, 0.1) is 0 Å². The van der Waals surface area contributed by atoms with Gasteiger partial charge in [-0.1, -0.05) is 36.4 Å². The minimum Gasteiger partial charge on any atom is -0.354 e. The average Bonchev–Trinajstić information content (AvgIpc) is 3.26. The summed E-state index contributed by atoms with van der Waals surface area (Å²) in [6, 6.07) is 17.2. The summed E-state index contributed by atoms with van der Waals surface area (Å²) < 4.78 is 0. The van der Waals surface area contributed by atoms with Crippen LogP contribution in [0.3, 0.4) is 0 Å². The van der Waals surface area contributed by atoms with Gasteiger partial charge in [-0.2, -0.15) is 0 Å². The molecule has 2 N–H and O–H groups in total. The van der Waals surface area contributed by atoms with Crippen LogP contribution >= 0.6 is 0 Å². The van der Waals surface area contributed by atoms with Gasteiger partial charge >= 0.3 is 6.03 Å². The Morgan fingerprint density at radius 2 is 1.73 bits per heavy atom. The quantitative estimate of drug-likeness (QED) is 0.502. The summed E-state index contributed by atoms with van der Waals surface area (Å²) in [4.78, 5) is 42.9. The molecule has 37 heavy (non-hydrogen) atoms. The molecule has 2 aromatic carbocycles. The molecule has 188 valence electrons. The minimum absolute atomic E-state index is 0.0178. The maximum Gasteiger partial charge on any atom is 0.324 e. The zero-order valence-electron chi connectivity index (χ0n) is 21.0. The smallest absolute Gasteiger partial charge is 0.324 e. The predicted octanol–water partition coefficient (Wildman–Crippen LogP) is 3.42. The van der Waals surface area contributed by atoms with E-state index in [0.717, 1.165) is 35.6 Å².